The standard InChI is InChI=1S/C18H13N3O3/c19-9-8-17(22)21-16-6-4-15(5-7-16)18(23)24-12-14-3-1-2-13(10-14)11-20/h1-7,10H,8,12H2,(H,21,22). The zero-order valence-electron chi connectivity index (χ0n) is 12.7. The fourth-order valence-corrected chi connectivity index (χ4v) is 1.93. The maximum absolute atomic E-state index is 12.0. The van der Waals surface area contributed by atoms with E-state index in [1.165, 1.54) is 12.1 Å². The van der Waals surface area contributed by atoms with Gasteiger partial charge < -0.3 is 10.1 Å². The minimum absolute atomic E-state index is 0.0645. The van der Waals surface area contributed by atoms with E-state index >= 15 is 0 Å². The highest BCUT2D eigenvalue weighted by Gasteiger charge is 2.08. The maximum Gasteiger partial charge on any atom is 0.338 e. The summed E-state index contributed by atoms with van der Waals surface area (Å²) in [6.07, 6.45) is -0.231. The first-order valence-electron chi connectivity index (χ1n) is 7.05. The van der Waals surface area contributed by atoms with Crippen molar-refractivity contribution in [2.24, 2.45) is 0 Å². The summed E-state index contributed by atoms with van der Waals surface area (Å²) in [6.45, 7) is 0.0645. The molecule has 0 saturated carbocycles. The van der Waals surface area contributed by atoms with E-state index in [1.807, 2.05) is 6.07 Å². The lowest BCUT2D eigenvalue weighted by Crippen LogP contribution is -2.10. The van der Waals surface area contributed by atoms with Gasteiger partial charge >= 0.3 is 5.97 Å². The molecule has 2 aromatic rings. The van der Waals surface area contributed by atoms with Crippen molar-refractivity contribution in [2.45, 2.75) is 13.0 Å². The third-order valence-corrected chi connectivity index (χ3v) is 3.07. The van der Waals surface area contributed by atoms with Crippen LogP contribution in [0.2, 0.25) is 0 Å². The molecular weight excluding hydrogens is 306 g/mol. The lowest BCUT2D eigenvalue weighted by atomic mass is 10.1. The van der Waals surface area contributed by atoms with Gasteiger partial charge in [-0.25, -0.2) is 4.79 Å². The largest absolute Gasteiger partial charge is 0.457 e. The van der Waals surface area contributed by atoms with Crippen molar-refractivity contribution >= 4 is 17.6 Å². The normalized spacial score (nSPS) is 9.42. The maximum atomic E-state index is 12.0. The molecule has 0 radical (unpaired) electrons. The molecule has 0 unspecified atom stereocenters. The molecule has 6 nitrogen and oxygen atoms in total. The van der Waals surface area contributed by atoms with Crippen LogP contribution in [-0.4, -0.2) is 11.9 Å². The molecule has 24 heavy (non-hydrogen) atoms. The SMILES string of the molecule is N#CCC(=O)Nc1ccc(C(=O)OCc2cccc(C#N)c2)cc1. The van der Waals surface area contributed by atoms with E-state index in [9.17, 15) is 9.59 Å². The summed E-state index contributed by atoms with van der Waals surface area (Å²) in [4.78, 5) is 23.3. The number of carbonyl (C=O) groups is 2. The van der Waals surface area contributed by atoms with Gasteiger partial charge in [0.05, 0.1) is 23.3 Å². The first-order valence-corrected chi connectivity index (χ1v) is 7.05. The smallest absolute Gasteiger partial charge is 0.338 e. The molecule has 0 saturated heterocycles. The number of nitrogens with one attached hydrogen (secondary N) is 1. The van der Waals surface area contributed by atoms with Gasteiger partial charge in [0.25, 0.3) is 0 Å². The summed E-state index contributed by atoms with van der Waals surface area (Å²) < 4.78 is 5.19. The first kappa shape index (κ1) is 16.7. The van der Waals surface area contributed by atoms with Crippen molar-refractivity contribution in [2.75, 3.05) is 5.32 Å². The molecule has 1 amide bonds. The lowest BCUT2D eigenvalue weighted by molar-refractivity contribution is -0.115. The number of nitrogens with zero attached hydrogens (tertiary/aromatic N) is 2. The number of amides is 1. The first-order chi connectivity index (χ1) is 11.6. The fraction of sp³-hybridized carbons (Fsp3) is 0.111. The molecule has 1 N–H and O–H groups in total. The Hall–Kier alpha value is -3.64. The van der Waals surface area contributed by atoms with Crippen molar-refractivity contribution in [3.63, 3.8) is 0 Å². The minimum Gasteiger partial charge on any atom is -0.457 e. The van der Waals surface area contributed by atoms with Crippen LogP contribution in [0.4, 0.5) is 5.69 Å². The number of esters is 1. The van der Waals surface area contributed by atoms with Crippen LogP contribution in [0.5, 0.6) is 0 Å². The highest BCUT2D eigenvalue weighted by Crippen LogP contribution is 2.12. The van der Waals surface area contributed by atoms with Gasteiger partial charge in [-0.1, -0.05) is 12.1 Å². The molecule has 2 aromatic carbocycles. The zero-order valence-corrected chi connectivity index (χ0v) is 12.7. The number of ether oxygens (including phenoxy) is 1. The average Bonchev–Trinajstić information content (AvgIpc) is 2.60. The second-order valence-corrected chi connectivity index (χ2v) is 4.85. The lowest BCUT2D eigenvalue weighted by Gasteiger charge is -2.07. The number of anilines is 1. The number of nitriles is 2. The van der Waals surface area contributed by atoms with Crippen LogP contribution in [0.3, 0.4) is 0 Å². The third kappa shape index (κ3) is 4.69. The van der Waals surface area contributed by atoms with E-state index < -0.39 is 11.9 Å². The van der Waals surface area contributed by atoms with Crippen LogP contribution < -0.4 is 5.32 Å². The van der Waals surface area contributed by atoms with Gasteiger partial charge in [0, 0.05) is 5.69 Å². The van der Waals surface area contributed by atoms with Crippen molar-refractivity contribution < 1.29 is 14.3 Å². The molecule has 6 heteroatoms. The highest BCUT2D eigenvalue weighted by molar-refractivity contribution is 5.93. The van der Waals surface area contributed by atoms with Gasteiger partial charge in [-0.05, 0) is 42.0 Å². The average molecular weight is 319 g/mol. The Balaban J connectivity index is 1.94. The number of hydrogen-bond acceptors (Lipinski definition) is 5. The van der Waals surface area contributed by atoms with E-state index in [4.69, 9.17) is 15.3 Å². The summed E-state index contributed by atoms with van der Waals surface area (Å²) in [5.41, 5.74) is 2.06. The minimum atomic E-state index is -0.507. The van der Waals surface area contributed by atoms with Gasteiger partial charge in [0.15, 0.2) is 0 Å². The van der Waals surface area contributed by atoms with Crippen LogP contribution in [0.25, 0.3) is 0 Å². The van der Waals surface area contributed by atoms with E-state index in [-0.39, 0.29) is 13.0 Å². The second kappa shape index (κ2) is 8.11. The van der Waals surface area contributed by atoms with Gasteiger partial charge in [-0.15, -0.1) is 0 Å². The highest BCUT2D eigenvalue weighted by atomic mass is 16.5. The van der Waals surface area contributed by atoms with Crippen molar-refractivity contribution in [1.29, 1.82) is 10.5 Å². The Morgan fingerprint density at radius 1 is 1.08 bits per heavy atom. The molecule has 0 aliphatic heterocycles. The number of rotatable bonds is 5. The molecular formula is C18H13N3O3. The van der Waals surface area contributed by atoms with Crippen molar-refractivity contribution in [3.8, 4) is 12.1 Å². The van der Waals surface area contributed by atoms with E-state index in [1.54, 1.807) is 42.5 Å². The summed E-state index contributed by atoms with van der Waals surface area (Å²) in [6, 6.07) is 16.8. The van der Waals surface area contributed by atoms with E-state index in [0.29, 0.717) is 16.8 Å². The molecule has 0 bridgehead atoms. The topological polar surface area (TPSA) is 103 Å². The van der Waals surface area contributed by atoms with Gasteiger partial charge in [0.2, 0.25) is 5.91 Å². The predicted molar refractivity (Wildman–Crippen MR) is 85.6 cm³/mol. The molecule has 0 heterocycles. The van der Waals surface area contributed by atoms with Gasteiger partial charge in [0.1, 0.15) is 13.0 Å². The summed E-state index contributed by atoms with van der Waals surface area (Å²) in [5, 5.41) is 19.8. The molecule has 0 spiro atoms. The second-order valence-electron chi connectivity index (χ2n) is 4.85. The quantitative estimate of drug-likeness (QED) is 0.853. The van der Waals surface area contributed by atoms with Crippen molar-refractivity contribution in [1.82, 2.24) is 0 Å². The molecule has 118 valence electrons. The molecule has 0 atom stereocenters. The van der Waals surface area contributed by atoms with Crippen LogP contribution >= 0.6 is 0 Å². The third-order valence-electron chi connectivity index (χ3n) is 3.07. The van der Waals surface area contributed by atoms with Crippen molar-refractivity contribution in [3.05, 3.63) is 65.2 Å². The Morgan fingerprint density at radius 3 is 2.50 bits per heavy atom. The fourth-order valence-electron chi connectivity index (χ4n) is 1.93. The van der Waals surface area contributed by atoms with Gasteiger partial charge in [-0.3, -0.25) is 4.79 Å². The van der Waals surface area contributed by atoms with Crippen LogP contribution in [0.15, 0.2) is 48.5 Å². The summed E-state index contributed by atoms with van der Waals surface area (Å²) in [7, 11) is 0. The monoisotopic (exact) mass is 319 g/mol. The van der Waals surface area contributed by atoms with Crippen LogP contribution in [0.1, 0.15) is 27.9 Å². The number of hydrogen-bond donors (Lipinski definition) is 1. The molecule has 0 aliphatic rings. The molecule has 0 aromatic heterocycles. The number of carbonyl (C=O) groups excluding carboxylic acids is 2. The Morgan fingerprint density at radius 2 is 1.83 bits per heavy atom. The molecule has 0 aliphatic carbocycles. The van der Waals surface area contributed by atoms with Gasteiger partial charge in [-0.2, -0.15) is 10.5 Å². The predicted octanol–water partition coefficient (Wildman–Crippen LogP) is 2.77. The summed E-state index contributed by atoms with van der Waals surface area (Å²) in [5.74, 6) is -0.919. The Kier molecular flexibility index (Phi) is 5.65. The Bertz CT molecular complexity index is 830. The van der Waals surface area contributed by atoms with Crippen LogP contribution in [0, 0.1) is 22.7 Å². The van der Waals surface area contributed by atoms with Crippen LogP contribution in [-0.2, 0) is 16.1 Å². The molecule has 0 fully saturated rings. The zero-order chi connectivity index (χ0) is 17.4. The molecule has 2 rings (SSSR count). The number of benzene rings is 2. The van der Waals surface area contributed by atoms with E-state index in [0.717, 1.165) is 5.56 Å². The Labute approximate surface area is 138 Å². The summed E-state index contributed by atoms with van der Waals surface area (Å²) >= 11 is 0. The van der Waals surface area contributed by atoms with E-state index in [2.05, 4.69) is 5.32 Å².